The maximum atomic E-state index is 13.2. The van der Waals surface area contributed by atoms with Crippen molar-refractivity contribution in [1.82, 2.24) is 10.4 Å². The SMILES string of the molecule is O.O=C1C2=C(N3CCC3)Nc3ccccc3N2NN1c1ccc(C(F)(F)F)cc1. The number of anilines is 3. The highest BCUT2D eigenvalue weighted by atomic mass is 19.4. The van der Waals surface area contributed by atoms with Gasteiger partial charge in [0.25, 0.3) is 5.91 Å². The van der Waals surface area contributed by atoms with Crippen molar-refractivity contribution >= 4 is 23.0 Å². The molecule has 3 heterocycles. The zero-order valence-electron chi connectivity index (χ0n) is 15.1. The lowest BCUT2D eigenvalue weighted by Crippen LogP contribution is -2.45. The minimum atomic E-state index is -4.42. The number of amides is 1. The molecule has 29 heavy (non-hydrogen) atoms. The molecule has 10 heteroatoms. The Morgan fingerprint density at radius 3 is 2.24 bits per heavy atom. The van der Waals surface area contributed by atoms with Crippen molar-refractivity contribution in [3.63, 3.8) is 0 Å². The Labute approximate surface area is 164 Å². The average molecular weight is 405 g/mol. The van der Waals surface area contributed by atoms with Gasteiger partial charge in [-0.15, -0.1) is 5.53 Å². The summed E-state index contributed by atoms with van der Waals surface area (Å²) >= 11 is 0. The number of halogens is 3. The van der Waals surface area contributed by atoms with E-state index in [9.17, 15) is 18.0 Å². The van der Waals surface area contributed by atoms with E-state index in [1.165, 1.54) is 17.1 Å². The van der Waals surface area contributed by atoms with Crippen LogP contribution in [-0.4, -0.2) is 29.4 Å². The lowest BCUT2D eigenvalue weighted by atomic mass is 10.1. The first-order valence-electron chi connectivity index (χ1n) is 8.87. The van der Waals surface area contributed by atoms with Gasteiger partial charge in [0.1, 0.15) is 5.82 Å². The fraction of sp³-hybridized carbons (Fsp3) is 0.211. The number of rotatable bonds is 2. The second-order valence-electron chi connectivity index (χ2n) is 6.80. The molecule has 0 bridgehead atoms. The highest BCUT2D eigenvalue weighted by Crippen LogP contribution is 2.40. The highest BCUT2D eigenvalue weighted by molar-refractivity contribution is 6.12. The molecule has 3 aliphatic heterocycles. The maximum absolute atomic E-state index is 13.2. The van der Waals surface area contributed by atoms with Crippen molar-refractivity contribution in [3.05, 3.63) is 65.6 Å². The maximum Gasteiger partial charge on any atom is 0.416 e. The molecule has 4 N–H and O–H groups in total. The third-order valence-electron chi connectivity index (χ3n) is 5.08. The number of hydrazine groups is 2. The van der Waals surface area contributed by atoms with Crippen LogP contribution in [0.15, 0.2) is 60.0 Å². The predicted octanol–water partition coefficient (Wildman–Crippen LogP) is 2.45. The summed E-state index contributed by atoms with van der Waals surface area (Å²) in [5.41, 5.74) is 4.64. The van der Waals surface area contributed by atoms with E-state index in [2.05, 4.69) is 15.8 Å². The van der Waals surface area contributed by atoms with E-state index in [-0.39, 0.29) is 11.4 Å². The summed E-state index contributed by atoms with van der Waals surface area (Å²) in [6.07, 6.45) is -3.38. The largest absolute Gasteiger partial charge is 0.416 e. The van der Waals surface area contributed by atoms with Crippen LogP contribution in [0.4, 0.5) is 30.2 Å². The molecule has 0 aliphatic carbocycles. The third kappa shape index (κ3) is 2.97. The van der Waals surface area contributed by atoms with Gasteiger partial charge in [0, 0.05) is 13.1 Å². The number of nitrogens with zero attached hydrogens (tertiary/aromatic N) is 3. The van der Waals surface area contributed by atoms with Crippen LogP contribution >= 0.6 is 0 Å². The molecule has 2 aromatic carbocycles. The van der Waals surface area contributed by atoms with E-state index in [0.29, 0.717) is 17.2 Å². The number of benzene rings is 2. The Morgan fingerprint density at radius 2 is 1.62 bits per heavy atom. The van der Waals surface area contributed by atoms with Crippen molar-refractivity contribution < 1.29 is 23.4 Å². The fourth-order valence-electron chi connectivity index (χ4n) is 3.48. The van der Waals surface area contributed by atoms with Gasteiger partial charge in [0.15, 0.2) is 5.70 Å². The van der Waals surface area contributed by atoms with E-state index in [0.717, 1.165) is 43.0 Å². The second kappa shape index (κ2) is 6.68. The van der Waals surface area contributed by atoms with Crippen LogP contribution in [0.1, 0.15) is 12.0 Å². The normalized spacial score (nSPS) is 18.0. The van der Waals surface area contributed by atoms with Crippen LogP contribution in [-0.2, 0) is 11.0 Å². The molecule has 3 aliphatic rings. The zero-order valence-corrected chi connectivity index (χ0v) is 15.1. The van der Waals surface area contributed by atoms with Crippen molar-refractivity contribution in [2.75, 3.05) is 28.4 Å². The molecule has 152 valence electrons. The first-order valence-corrected chi connectivity index (χ1v) is 8.87. The highest BCUT2D eigenvalue weighted by Gasteiger charge is 2.43. The number of fused-ring (bicyclic) bond motifs is 3. The Balaban J connectivity index is 0.00000205. The van der Waals surface area contributed by atoms with Crippen molar-refractivity contribution in [2.45, 2.75) is 12.6 Å². The molecule has 2 aromatic rings. The van der Waals surface area contributed by atoms with Crippen LogP contribution in [0, 0.1) is 0 Å². The van der Waals surface area contributed by atoms with Crippen LogP contribution in [0.25, 0.3) is 0 Å². The number of nitrogens with one attached hydrogen (secondary N) is 2. The molecular weight excluding hydrogens is 387 g/mol. The van der Waals surface area contributed by atoms with Crippen LogP contribution in [0.5, 0.6) is 0 Å². The first-order chi connectivity index (χ1) is 13.4. The summed E-state index contributed by atoms with van der Waals surface area (Å²) < 4.78 is 38.5. The molecule has 2 fully saturated rings. The number of carbonyl (C=O) groups excluding carboxylic acids is 1. The van der Waals surface area contributed by atoms with Gasteiger partial charge in [-0.3, -0.25) is 4.79 Å². The van der Waals surface area contributed by atoms with Gasteiger partial charge in [-0.25, -0.2) is 10.0 Å². The van der Waals surface area contributed by atoms with Gasteiger partial charge in [-0.2, -0.15) is 13.2 Å². The summed E-state index contributed by atoms with van der Waals surface area (Å²) in [6, 6.07) is 12.1. The van der Waals surface area contributed by atoms with E-state index in [1.807, 2.05) is 24.3 Å². The molecule has 0 spiro atoms. The number of hydrogen-bond acceptors (Lipinski definition) is 5. The second-order valence-corrected chi connectivity index (χ2v) is 6.80. The van der Waals surface area contributed by atoms with Crippen molar-refractivity contribution in [2.24, 2.45) is 0 Å². The Hall–Kier alpha value is -3.24. The molecule has 0 saturated carbocycles. The summed E-state index contributed by atoms with van der Waals surface area (Å²) in [6.45, 7) is 1.69. The molecule has 0 radical (unpaired) electrons. The number of alkyl halides is 3. The quantitative estimate of drug-likeness (QED) is 0.802. The molecule has 2 saturated heterocycles. The smallest absolute Gasteiger partial charge is 0.412 e. The Kier molecular flexibility index (Phi) is 4.39. The van der Waals surface area contributed by atoms with Gasteiger partial charge in [0.05, 0.1) is 22.6 Å². The molecule has 1 amide bonds. The number of hydrogen-bond donors (Lipinski definition) is 2. The van der Waals surface area contributed by atoms with Gasteiger partial charge in [-0.05, 0) is 42.8 Å². The van der Waals surface area contributed by atoms with Gasteiger partial charge < -0.3 is 15.7 Å². The molecular formula is C19H18F3N5O2. The van der Waals surface area contributed by atoms with Gasteiger partial charge in [0.2, 0.25) is 0 Å². The minimum absolute atomic E-state index is 0. The van der Waals surface area contributed by atoms with E-state index >= 15 is 0 Å². The molecule has 5 rings (SSSR count). The van der Waals surface area contributed by atoms with E-state index in [4.69, 9.17) is 0 Å². The van der Waals surface area contributed by atoms with Crippen molar-refractivity contribution in [3.8, 4) is 0 Å². The van der Waals surface area contributed by atoms with E-state index in [1.54, 1.807) is 5.01 Å². The topological polar surface area (TPSA) is 82.3 Å². The third-order valence-corrected chi connectivity index (χ3v) is 5.08. The van der Waals surface area contributed by atoms with Crippen LogP contribution in [0.3, 0.4) is 0 Å². The lowest BCUT2D eigenvalue weighted by molar-refractivity contribution is -0.137. The molecule has 0 atom stereocenters. The average Bonchev–Trinajstić information content (AvgIpc) is 2.98. The number of carbonyl (C=O) groups is 1. The molecule has 0 unspecified atom stereocenters. The summed E-state index contributed by atoms with van der Waals surface area (Å²) in [5, 5.41) is 6.27. The van der Waals surface area contributed by atoms with E-state index < -0.39 is 11.7 Å². The first kappa shape index (κ1) is 19.1. The standard InChI is InChI=1S/C19H16F3N5O.H2O/c20-19(21,22)12-6-8-13(9-7-12)26-18(28)16-17(25-10-3-11-25)23-14-4-1-2-5-15(14)27(16)24-26;/h1-2,4-9,23-24H,3,10-11H2;1H2. The monoisotopic (exact) mass is 405 g/mol. The predicted molar refractivity (Wildman–Crippen MR) is 101 cm³/mol. The van der Waals surface area contributed by atoms with Gasteiger partial charge >= 0.3 is 6.18 Å². The Bertz CT molecular complexity index is 986. The number of likely N-dealkylation sites (tertiary alicyclic amines) is 1. The summed E-state index contributed by atoms with van der Waals surface area (Å²) in [7, 11) is 0. The number of para-hydroxylation sites is 2. The Morgan fingerprint density at radius 1 is 0.931 bits per heavy atom. The van der Waals surface area contributed by atoms with Crippen LogP contribution < -0.4 is 20.9 Å². The van der Waals surface area contributed by atoms with Gasteiger partial charge in [-0.1, -0.05) is 12.1 Å². The van der Waals surface area contributed by atoms with Crippen LogP contribution in [0.2, 0.25) is 0 Å². The summed E-state index contributed by atoms with van der Waals surface area (Å²) in [4.78, 5) is 15.2. The fourth-order valence-corrected chi connectivity index (χ4v) is 3.48. The molecule has 7 nitrogen and oxygen atoms in total. The minimum Gasteiger partial charge on any atom is -0.412 e. The summed E-state index contributed by atoms with van der Waals surface area (Å²) in [5.74, 6) is 0.375. The molecule has 0 aromatic heterocycles. The lowest BCUT2D eigenvalue weighted by Gasteiger charge is -2.39. The van der Waals surface area contributed by atoms with Crippen molar-refractivity contribution in [1.29, 1.82) is 0 Å². The zero-order chi connectivity index (χ0) is 19.5.